The van der Waals surface area contributed by atoms with E-state index in [1.165, 1.54) is 6.07 Å². The third-order valence-electron chi connectivity index (χ3n) is 2.21. The van der Waals surface area contributed by atoms with Crippen LogP contribution in [0.15, 0.2) is 48.5 Å². The number of para-hydroxylation sites is 1. The fourth-order valence-electron chi connectivity index (χ4n) is 1.40. The monoisotopic (exact) mass is 264 g/mol. The Morgan fingerprint density at radius 1 is 0.944 bits per heavy atom. The fourth-order valence-corrected chi connectivity index (χ4v) is 1.62. The summed E-state index contributed by atoms with van der Waals surface area (Å²) >= 11 is 5.03. The van der Waals surface area contributed by atoms with E-state index in [2.05, 4.69) is 10.6 Å². The van der Waals surface area contributed by atoms with Gasteiger partial charge in [0.25, 0.3) is 0 Å². The van der Waals surface area contributed by atoms with Crippen molar-refractivity contribution < 1.29 is 8.78 Å². The van der Waals surface area contributed by atoms with Gasteiger partial charge < -0.3 is 10.6 Å². The average Bonchev–Trinajstić information content (AvgIpc) is 2.34. The van der Waals surface area contributed by atoms with Gasteiger partial charge in [-0.25, -0.2) is 8.78 Å². The van der Waals surface area contributed by atoms with E-state index in [-0.39, 0.29) is 10.8 Å². The summed E-state index contributed by atoms with van der Waals surface area (Å²) in [6.45, 7) is 0. The highest BCUT2D eigenvalue weighted by Crippen LogP contribution is 2.15. The van der Waals surface area contributed by atoms with Crippen molar-refractivity contribution in [1.29, 1.82) is 0 Å². The number of rotatable bonds is 2. The van der Waals surface area contributed by atoms with E-state index in [1.807, 2.05) is 30.3 Å². The first-order chi connectivity index (χ1) is 8.65. The molecule has 0 saturated carbocycles. The van der Waals surface area contributed by atoms with E-state index in [0.29, 0.717) is 0 Å². The number of hydrogen-bond acceptors (Lipinski definition) is 1. The predicted octanol–water partition coefficient (Wildman–Crippen LogP) is 3.77. The molecule has 18 heavy (non-hydrogen) atoms. The molecule has 0 aliphatic heterocycles. The number of benzene rings is 2. The molecule has 2 aromatic carbocycles. The molecule has 0 aliphatic rings. The second-order valence-corrected chi connectivity index (χ2v) is 3.98. The minimum atomic E-state index is -0.688. The molecule has 0 spiro atoms. The maximum atomic E-state index is 13.4. The summed E-state index contributed by atoms with van der Waals surface area (Å²) in [6, 6.07) is 12.5. The Labute approximate surface area is 109 Å². The number of nitrogens with one attached hydrogen (secondary N) is 2. The van der Waals surface area contributed by atoms with Crippen molar-refractivity contribution in [3.8, 4) is 0 Å². The van der Waals surface area contributed by atoms with Crippen LogP contribution in [-0.2, 0) is 0 Å². The Morgan fingerprint density at radius 2 is 1.67 bits per heavy atom. The molecule has 0 heterocycles. The third kappa shape index (κ3) is 3.24. The van der Waals surface area contributed by atoms with Crippen LogP contribution < -0.4 is 10.6 Å². The van der Waals surface area contributed by atoms with E-state index < -0.39 is 11.6 Å². The van der Waals surface area contributed by atoms with Crippen molar-refractivity contribution in [2.75, 3.05) is 10.6 Å². The SMILES string of the molecule is Fc1ccc(NC(=S)Nc2ccccc2)c(F)c1. The highest BCUT2D eigenvalue weighted by atomic mass is 32.1. The number of anilines is 2. The maximum Gasteiger partial charge on any atom is 0.175 e. The number of thiocarbonyl (C=S) groups is 1. The molecular weight excluding hydrogens is 254 g/mol. The molecule has 0 saturated heterocycles. The van der Waals surface area contributed by atoms with Crippen LogP contribution >= 0.6 is 12.2 Å². The molecule has 92 valence electrons. The minimum absolute atomic E-state index is 0.129. The molecule has 5 heteroatoms. The third-order valence-corrected chi connectivity index (χ3v) is 2.42. The fraction of sp³-hybridized carbons (Fsp3) is 0. The van der Waals surface area contributed by atoms with Gasteiger partial charge in [-0.05, 0) is 36.5 Å². The van der Waals surface area contributed by atoms with Crippen molar-refractivity contribution in [3.05, 3.63) is 60.2 Å². The summed E-state index contributed by atoms with van der Waals surface area (Å²) in [4.78, 5) is 0. The van der Waals surface area contributed by atoms with Gasteiger partial charge in [0.2, 0.25) is 0 Å². The van der Waals surface area contributed by atoms with Crippen molar-refractivity contribution in [1.82, 2.24) is 0 Å². The molecule has 2 rings (SSSR count). The van der Waals surface area contributed by atoms with Crippen LogP contribution in [-0.4, -0.2) is 5.11 Å². The Kier molecular flexibility index (Phi) is 3.84. The summed E-state index contributed by atoms with van der Waals surface area (Å²) in [6.07, 6.45) is 0. The van der Waals surface area contributed by atoms with Crippen LogP contribution in [0, 0.1) is 11.6 Å². The van der Waals surface area contributed by atoms with Gasteiger partial charge in [0.05, 0.1) is 5.69 Å². The van der Waals surface area contributed by atoms with E-state index in [0.717, 1.165) is 17.8 Å². The van der Waals surface area contributed by atoms with Crippen LogP contribution in [0.1, 0.15) is 0 Å². The Bertz CT molecular complexity index is 558. The molecule has 2 N–H and O–H groups in total. The van der Waals surface area contributed by atoms with Crippen molar-refractivity contribution in [3.63, 3.8) is 0 Å². The smallest absolute Gasteiger partial charge is 0.175 e. The highest BCUT2D eigenvalue weighted by Gasteiger charge is 2.05. The molecule has 0 atom stereocenters. The van der Waals surface area contributed by atoms with Crippen LogP contribution in [0.4, 0.5) is 20.2 Å². The Hall–Kier alpha value is -2.01. The minimum Gasteiger partial charge on any atom is -0.332 e. The zero-order chi connectivity index (χ0) is 13.0. The lowest BCUT2D eigenvalue weighted by atomic mass is 10.3. The van der Waals surface area contributed by atoms with Gasteiger partial charge in [-0.2, -0.15) is 0 Å². The Balaban J connectivity index is 2.03. The molecule has 0 aliphatic carbocycles. The molecule has 0 amide bonds. The van der Waals surface area contributed by atoms with Crippen molar-refractivity contribution >= 4 is 28.7 Å². The molecule has 0 aromatic heterocycles. The quantitative estimate of drug-likeness (QED) is 0.807. The molecule has 0 unspecified atom stereocenters. The van der Waals surface area contributed by atoms with Crippen molar-refractivity contribution in [2.24, 2.45) is 0 Å². The topological polar surface area (TPSA) is 24.1 Å². The number of halogens is 2. The van der Waals surface area contributed by atoms with Gasteiger partial charge in [-0.1, -0.05) is 18.2 Å². The first-order valence-electron chi connectivity index (χ1n) is 5.23. The largest absolute Gasteiger partial charge is 0.332 e. The molecule has 0 bridgehead atoms. The summed E-state index contributed by atoms with van der Waals surface area (Å²) in [5, 5.41) is 5.80. The van der Waals surface area contributed by atoms with E-state index in [9.17, 15) is 8.78 Å². The van der Waals surface area contributed by atoms with Gasteiger partial charge in [0.15, 0.2) is 5.11 Å². The van der Waals surface area contributed by atoms with Crippen LogP contribution in [0.2, 0.25) is 0 Å². The second kappa shape index (κ2) is 5.55. The second-order valence-electron chi connectivity index (χ2n) is 3.57. The summed E-state index contributed by atoms with van der Waals surface area (Å²) in [7, 11) is 0. The summed E-state index contributed by atoms with van der Waals surface area (Å²) in [5.74, 6) is -1.31. The summed E-state index contributed by atoms with van der Waals surface area (Å²) < 4.78 is 26.1. The zero-order valence-electron chi connectivity index (χ0n) is 9.28. The van der Waals surface area contributed by atoms with E-state index in [1.54, 1.807) is 0 Å². The molecular formula is C13H10F2N2S. The van der Waals surface area contributed by atoms with Gasteiger partial charge in [-0.3, -0.25) is 0 Å². The van der Waals surface area contributed by atoms with E-state index in [4.69, 9.17) is 12.2 Å². The first kappa shape index (κ1) is 12.4. The van der Waals surface area contributed by atoms with Gasteiger partial charge in [0, 0.05) is 11.8 Å². The predicted molar refractivity (Wildman–Crippen MR) is 72.6 cm³/mol. The average molecular weight is 264 g/mol. The normalized spacial score (nSPS) is 9.89. The maximum absolute atomic E-state index is 13.4. The van der Waals surface area contributed by atoms with Crippen LogP contribution in [0.25, 0.3) is 0 Å². The highest BCUT2D eigenvalue weighted by molar-refractivity contribution is 7.80. The van der Waals surface area contributed by atoms with Gasteiger partial charge in [-0.15, -0.1) is 0 Å². The lowest BCUT2D eigenvalue weighted by Gasteiger charge is -2.11. The van der Waals surface area contributed by atoms with Gasteiger partial charge in [0.1, 0.15) is 11.6 Å². The van der Waals surface area contributed by atoms with E-state index >= 15 is 0 Å². The zero-order valence-corrected chi connectivity index (χ0v) is 10.1. The molecule has 2 nitrogen and oxygen atoms in total. The molecule has 2 aromatic rings. The summed E-state index contributed by atoms with van der Waals surface area (Å²) in [5.41, 5.74) is 0.919. The lowest BCUT2D eigenvalue weighted by Crippen LogP contribution is -2.19. The molecule has 0 fully saturated rings. The number of hydrogen-bond donors (Lipinski definition) is 2. The Morgan fingerprint density at radius 3 is 2.33 bits per heavy atom. The van der Waals surface area contributed by atoms with Gasteiger partial charge >= 0.3 is 0 Å². The lowest BCUT2D eigenvalue weighted by molar-refractivity contribution is 0.586. The van der Waals surface area contributed by atoms with Crippen molar-refractivity contribution in [2.45, 2.75) is 0 Å². The standard InChI is InChI=1S/C13H10F2N2S/c14-9-6-7-12(11(15)8-9)17-13(18)16-10-4-2-1-3-5-10/h1-8H,(H2,16,17,18). The molecule has 0 radical (unpaired) electrons. The van der Waals surface area contributed by atoms with Crippen LogP contribution in [0.5, 0.6) is 0 Å². The first-order valence-corrected chi connectivity index (χ1v) is 5.64. The van der Waals surface area contributed by atoms with Crippen LogP contribution in [0.3, 0.4) is 0 Å².